The molecule has 140 valence electrons. The Labute approximate surface area is 166 Å². The van der Waals surface area contributed by atoms with Gasteiger partial charge in [0.25, 0.3) is 0 Å². The largest absolute Gasteiger partial charge is 0.350 e. The summed E-state index contributed by atoms with van der Waals surface area (Å²) in [5.41, 5.74) is 4.02. The van der Waals surface area contributed by atoms with E-state index in [-0.39, 0.29) is 17.9 Å². The first-order valence-corrected chi connectivity index (χ1v) is 10.5. The van der Waals surface area contributed by atoms with Gasteiger partial charge in [0.1, 0.15) is 0 Å². The Kier molecular flexibility index (Phi) is 6.36. The van der Waals surface area contributed by atoms with Crippen LogP contribution in [0.4, 0.5) is 5.13 Å². The number of hydrogen-bond donors (Lipinski definition) is 2. The normalized spacial score (nSPS) is 11.8. The molecule has 3 aromatic rings. The van der Waals surface area contributed by atoms with Gasteiger partial charge in [-0.15, -0.1) is 11.3 Å². The molecule has 1 unspecified atom stereocenters. The number of benzene rings is 1. The molecule has 27 heavy (non-hydrogen) atoms. The lowest BCUT2D eigenvalue weighted by molar-refractivity contribution is -0.119. The number of aryl methyl sites for hydroxylation is 1. The van der Waals surface area contributed by atoms with Crippen molar-refractivity contribution in [2.75, 3.05) is 5.32 Å². The van der Waals surface area contributed by atoms with Gasteiger partial charge in [0.2, 0.25) is 11.8 Å². The molecule has 1 atom stereocenters. The highest BCUT2D eigenvalue weighted by Crippen LogP contribution is 2.26. The van der Waals surface area contributed by atoms with Crippen LogP contribution in [-0.2, 0) is 16.0 Å². The van der Waals surface area contributed by atoms with Crippen molar-refractivity contribution in [2.24, 2.45) is 0 Å². The first kappa shape index (κ1) is 19.3. The molecule has 0 aliphatic heterocycles. The second-order valence-corrected chi connectivity index (χ2v) is 7.90. The van der Waals surface area contributed by atoms with Crippen molar-refractivity contribution in [1.29, 1.82) is 0 Å². The zero-order valence-corrected chi connectivity index (χ0v) is 16.8. The first-order chi connectivity index (χ1) is 13.0. The summed E-state index contributed by atoms with van der Waals surface area (Å²) in [5.74, 6) is -0.0768. The lowest BCUT2D eigenvalue weighted by Crippen LogP contribution is -2.23. The number of nitrogens with one attached hydrogen (secondary N) is 2. The minimum Gasteiger partial charge on any atom is -0.350 e. The van der Waals surface area contributed by atoms with Crippen LogP contribution in [0.25, 0.3) is 11.3 Å². The number of amides is 2. The highest BCUT2D eigenvalue weighted by Gasteiger charge is 2.10. The first-order valence-electron chi connectivity index (χ1n) is 8.65. The van der Waals surface area contributed by atoms with Crippen molar-refractivity contribution >= 4 is 39.6 Å². The fraction of sp³-hybridized carbons (Fsp3) is 0.250. The monoisotopic (exact) mass is 399 g/mol. The van der Waals surface area contributed by atoms with E-state index >= 15 is 0 Å². The summed E-state index contributed by atoms with van der Waals surface area (Å²) >= 11 is 3.06. The topological polar surface area (TPSA) is 71.1 Å². The molecular formula is C20H21N3O2S2. The van der Waals surface area contributed by atoms with Crippen LogP contribution in [0.5, 0.6) is 0 Å². The van der Waals surface area contributed by atoms with Gasteiger partial charge in [0.15, 0.2) is 5.13 Å². The molecule has 0 radical (unpaired) electrons. The smallest absolute Gasteiger partial charge is 0.226 e. The molecule has 7 heteroatoms. The van der Waals surface area contributed by atoms with Gasteiger partial charge >= 0.3 is 0 Å². The number of aromatic nitrogens is 1. The van der Waals surface area contributed by atoms with Crippen LogP contribution in [0.2, 0.25) is 0 Å². The number of anilines is 1. The second-order valence-electron chi connectivity index (χ2n) is 6.26. The summed E-state index contributed by atoms with van der Waals surface area (Å²) < 4.78 is 0. The van der Waals surface area contributed by atoms with Crippen molar-refractivity contribution < 1.29 is 9.59 Å². The average Bonchev–Trinajstić information content (AvgIpc) is 3.31. The third kappa shape index (κ3) is 5.48. The number of hydrogen-bond acceptors (Lipinski definition) is 5. The molecule has 0 aliphatic rings. The highest BCUT2D eigenvalue weighted by atomic mass is 32.1. The molecule has 0 aliphatic carbocycles. The van der Waals surface area contributed by atoms with E-state index in [9.17, 15) is 9.59 Å². The zero-order valence-electron chi connectivity index (χ0n) is 15.2. The van der Waals surface area contributed by atoms with Crippen molar-refractivity contribution in [3.05, 3.63) is 57.6 Å². The lowest BCUT2D eigenvalue weighted by atomic mass is 10.1. The van der Waals surface area contributed by atoms with E-state index in [1.54, 1.807) is 11.3 Å². The molecule has 2 N–H and O–H groups in total. The number of thiazole rings is 1. The molecule has 0 fully saturated rings. The maximum absolute atomic E-state index is 12.1. The summed E-state index contributed by atoms with van der Waals surface area (Å²) in [4.78, 5) is 27.8. The Morgan fingerprint density at radius 1 is 1.15 bits per heavy atom. The molecule has 0 saturated heterocycles. The maximum Gasteiger partial charge on any atom is 0.226 e. The van der Waals surface area contributed by atoms with Crippen LogP contribution in [-0.4, -0.2) is 16.8 Å². The fourth-order valence-corrected chi connectivity index (χ4v) is 4.11. The van der Waals surface area contributed by atoms with Crippen LogP contribution in [0.1, 0.15) is 37.4 Å². The SMILES string of the molecule is CC(=O)NC(C)c1ccc(-c2csc(NC(=O)CCc3ccsc3)n2)cc1. The summed E-state index contributed by atoms with van der Waals surface area (Å²) in [5, 5.41) is 12.4. The van der Waals surface area contributed by atoms with E-state index in [1.165, 1.54) is 23.8 Å². The van der Waals surface area contributed by atoms with E-state index in [1.807, 2.05) is 48.0 Å². The van der Waals surface area contributed by atoms with Crippen LogP contribution in [0.15, 0.2) is 46.5 Å². The van der Waals surface area contributed by atoms with E-state index < -0.39 is 0 Å². The van der Waals surface area contributed by atoms with E-state index in [0.29, 0.717) is 11.6 Å². The standard InChI is InChI=1S/C20H21N3O2S2/c1-13(21-14(2)24)16-4-6-17(7-5-16)18-12-27-20(22-18)23-19(25)8-3-15-9-10-26-11-15/h4-7,9-13H,3,8H2,1-2H3,(H,21,24)(H,22,23,25). The Hall–Kier alpha value is -2.51. The maximum atomic E-state index is 12.1. The van der Waals surface area contributed by atoms with Crippen LogP contribution in [0, 0.1) is 0 Å². The van der Waals surface area contributed by atoms with Crippen molar-refractivity contribution in [1.82, 2.24) is 10.3 Å². The van der Waals surface area contributed by atoms with E-state index in [2.05, 4.69) is 21.0 Å². The van der Waals surface area contributed by atoms with Gasteiger partial charge in [-0.2, -0.15) is 11.3 Å². The highest BCUT2D eigenvalue weighted by molar-refractivity contribution is 7.14. The van der Waals surface area contributed by atoms with Crippen molar-refractivity contribution in [3.63, 3.8) is 0 Å². The molecule has 1 aromatic carbocycles. The molecule has 2 amide bonds. The molecule has 5 nitrogen and oxygen atoms in total. The fourth-order valence-electron chi connectivity index (χ4n) is 2.67. The van der Waals surface area contributed by atoms with Gasteiger partial charge in [-0.25, -0.2) is 4.98 Å². The zero-order chi connectivity index (χ0) is 19.2. The molecule has 3 rings (SSSR count). The van der Waals surface area contributed by atoms with Gasteiger partial charge in [0.05, 0.1) is 11.7 Å². The van der Waals surface area contributed by atoms with Gasteiger partial charge in [-0.05, 0) is 41.3 Å². The Balaban J connectivity index is 1.58. The predicted octanol–water partition coefficient (Wildman–Crippen LogP) is 4.64. The molecule has 2 aromatic heterocycles. The number of carbonyl (C=O) groups excluding carboxylic acids is 2. The van der Waals surface area contributed by atoms with E-state index in [0.717, 1.165) is 23.2 Å². The molecule has 2 heterocycles. The summed E-state index contributed by atoms with van der Waals surface area (Å²) in [6.45, 7) is 3.46. The Morgan fingerprint density at radius 3 is 2.59 bits per heavy atom. The number of nitrogens with zero attached hydrogens (tertiary/aromatic N) is 1. The second kappa shape index (κ2) is 8.92. The van der Waals surface area contributed by atoms with Gasteiger partial charge < -0.3 is 10.6 Å². The van der Waals surface area contributed by atoms with Crippen LogP contribution in [0.3, 0.4) is 0 Å². The third-order valence-electron chi connectivity index (χ3n) is 4.10. The van der Waals surface area contributed by atoms with Crippen LogP contribution >= 0.6 is 22.7 Å². The van der Waals surface area contributed by atoms with E-state index in [4.69, 9.17) is 0 Å². The minimum absolute atomic E-state index is 0.0263. The molecular weight excluding hydrogens is 378 g/mol. The average molecular weight is 400 g/mol. The lowest BCUT2D eigenvalue weighted by Gasteiger charge is -2.13. The van der Waals surface area contributed by atoms with Crippen LogP contribution < -0.4 is 10.6 Å². The molecule has 0 saturated carbocycles. The van der Waals surface area contributed by atoms with Gasteiger partial charge in [-0.3, -0.25) is 9.59 Å². The Bertz CT molecular complexity index is 902. The summed E-state index contributed by atoms with van der Waals surface area (Å²) in [6.07, 6.45) is 1.18. The van der Waals surface area contributed by atoms with Gasteiger partial charge in [-0.1, -0.05) is 24.3 Å². The summed E-state index contributed by atoms with van der Waals surface area (Å²) in [6, 6.07) is 9.92. The minimum atomic E-state index is -0.0505. The molecule has 0 spiro atoms. The number of carbonyl (C=O) groups is 2. The number of rotatable bonds is 7. The third-order valence-corrected chi connectivity index (χ3v) is 5.59. The summed E-state index contributed by atoms with van der Waals surface area (Å²) in [7, 11) is 0. The quantitative estimate of drug-likeness (QED) is 0.608. The predicted molar refractivity (Wildman–Crippen MR) is 111 cm³/mol. The van der Waals surface area contributed by atoms with Crippen molar-refractivity contribution in [2.45, 2.75) is 32.7 Å². The Morgan fingerprint density at radius 2 is 1.93 bits per heavy atom. The van der Waals surface area contributed by atoms with Gasteiger partial charge in [0, 0.05) is 24.3 Å². The molecule has 0 bridgehead atoms. The van der Waals surface area contributed by atoms with Crippen molar-refractivity contribution in [3.8, 4) is 11.3 Å². The number of thiophene rings is 1.